The molecular weight excluding hydrogens is 72.9 g/mol. The van der Waals surface area contributed by atoms with Gasteiger partial charge in [0.2, 0.25) is 0 Å². The molecule has 1 saturated heterocycles. The number of rotatable bonds is 0. The average molecular weight is 82.9 g/mol. The van der Waals surface area contributed by atoms with Gasteiger partial charge in [0.25, 0.3) is 0 Å². The maximum Gasteiger partial charge on any atom is 0.125 e. The van der Waals surface area contributed by atoms with Gasteiger partial charge >= 0.3 is 0 Å². The molecule has 3 unspecified atom stereocenters. The molecule has 1 nitrogen and oxygen atoms in total. The van der Waals surface area contributed by atoms with Crippen molar-refractivity contribution in [1.82, 2.24) is 4.90 Å². The fourth-order valence-corrected chi connectivity index (χ4v) is 0.686. The molecule has 1 aliphatic heterocycles. The molecule has 1 fully saturated rings. The lowest BCUT2D eigenvalue weighted by atomic mass is 10.0. The van der Waals surface area contributed by atoms with Gasteiger partial charge in [-0.1, -0.05) is 0 Å². The molecule has 1 heterocycles. The van der Waals surface area contributed by atoms with Crippen LogP contribution in [-0.4, -0.2) is 31.8 Å². The zero-order chi connectivity index (χ0) is 4.73. The molecule has 0 N–H and O–H groups in total. The summed E-state index contributed by atoms with van der Waals surface area (Å²) in [6.45, 7) is 2.24. The van der Waals surface area contributed by atoms with E-state index in [4.69, 9.17) is 0 Å². The summed E-state index contributed by atoms with van der Waals surface area (Å²) in [5.41, 5.74) is 0. The van der Waals surface area contributed by atoms with Gasteiger partial charge in [-0.2, -0.15) is 0 Å². The van der Waals surface area contributed by atoms with E-state index in [0.717, 1.165) is 12.0 Å². The zero-order valence-electron chi connectivity index (χ0n) is 4.60. The molecule has 0 spiro atoms. The van der Waals surface area contributed by atoms with Crippen molar-refractivity contribution in [2.24, 2.45) is 0 Å². The van der Waals surface area contributed by atoms with E-state index in [1.807, 2.05) is 0 Å². The first kappa shape index (κ1) is 4.19. The predicted octanol–water partition coefficient (Wildman–Crippen LogP) is -0.721. The van der Waals surface area contributed by atoms with Crippen LogP contribution in [0.25, 0.3) is 0 Å². The van der Waals surface area contributed by atoms with E-state index in [2.05, 4.69) is 26.7 Å². The van der Waals surface area contributed by atoms with E-state index in [1.54, 1.807) is 0 Å². The average Bonchev–Trinajstić information content (AvgIpc) is 1.94. The van der Waals surface area contributed by atoms with Gasteiger partial charge in [0, 0.05) is 6.04 Å². The lowest BCUT2D eigenvalue weighted by Crippen LogP contribution is -1.89. The second-order valence-corrected chi connectivity index (χ2v) is 2.15. The Morgan fingerprint density at radius 2 is 1.83 bits per heavy atom. The van der Waals surface area contributed by atoms with Crippen LogP contribution in [0.3, 0.4) is 0 Å². The smallest absolute Gasteiger partial charge is 0.125 e. The fourth-order valence-electron chi connectivity index (χ4n) is 0.686. The molecule has 1 aliphatic rings. The van der Waals surface area contributed by atoms with Gasteiger partial charge in [-0.25, -0.2) is 0 Å². The summed E-state index contributed by atoms with van der Waals surface area (Å²) in [5.74, 6) is 0.852. The van der Waals surface area contributed by atoms with Crippen LogP contribution in [0, 0.1) is 0 Å². The minimum Gasteiger partial charge on any atom is -0.306 e. The summed E-state index contributed by atoms with van der Waals surface area (Å²) in [6.07, 6.45) is 0. The van der Waals surface area contributed by atoms with Crippen molar-refractivity contribution < 1.29 is 0 Å². The summed E-state index contributed by atoms with van der Waals surface area (Å²) in [7, 11) is 4.39. The molecule has 0 bridgehead atoms. The number of hydrogen-bond acceptors (Lipinski definition) is 1. The lowest BCUT2D eigenvalue weighted by Gasteiger charge is -1.77. The van der Waals surface area contributed by atoms with Crippen molar-refractivity contribution in [2.45, 2.75) is 18.9 Å². The number of likely N-dealkylation sites (N-methyl/N-ethyl adjacent to an activating group) is 1. The number of nitrogens with zero attached hydrogens (tertiary/aromatic N) is 1. The van der Waals surface area contributed by atoms with Gasteiger partial charge in [-0.05, 0) is 19.9 Å². The molecule has 0 saturated carbocycles. The van der Waals surface area contributed by atoms with Gasteiger partial charge in [0.05, 0.1) is 0 Å². The van der Waals surface area contributed by atoms with E-state index in [1.165, 1.54) is 0 Å². The summed E-state index contributed by atoms with van der Waals surface area (Å²) in [4.78, 5) is 2.33. The monoisotopic (exact) mass is 83.1 g/mol. The summed E-state index contributed by atoms with van der Waals surface area (Å²) in [5, 5.41) is 0. The molecule has 0 aliphatic carbocycles. The molecule has 0 aromatic heterocycles. The predicted molar refractivity (Wildman–Crippen MR) is 29.6 cm³/mol. The third-order valence-corrected chi connectivity index (χ3v) is 1.89. The van der Waals surface area contributed by atoms with E-state index in [-0.39, 0.29) is 0 Å². The molecule has 0 aromatic carbocycles. The second-order valence-electron chi connectivity index (χ2n) is 2.15. The first-order chi connectivity index (χ1) is 2.73. The first-order valence-electron chi connectivity index (χ1n) is 2.45. The minimum atomic E-state index is 0.852. The second kappa shape index (κ2) is 0.999. The van der Waals surface area contributed by atoms with E-state index < -0.39 is 0 Å². The molecular formula is C4H10BN. The topological polar surface area (TPSA) is 3.01 Å². The van der Waals surface area contributed by atoms with Crippen molar-refractivity contribution in [3.8, 4) is 0 Å². The van der Waals surface area contributed by atoms with E-state index >= 15 is 0 Å². The Bertz CT molecular complexity index is 44.3. The Balaban J connectivity index is 2.31. The summed E-state index contributed by atoms with van der Waals surface area (Å²) < 4.78 is 0. The van der Waals surface area contributed by atoms with Crippen molar-refractivity contribution in [1.29, 1.82) is 0 Å². The first-order valence-corrected chi connectivity index (χ1v) is 2.45. The normalized spacial score (nSPS) is 55.3. The third-order valence-electron chi connectivity index (χ3n) is 1.89. The van der Waals surface area contributed by atoms with Crippen LogP contribution in [0.5, 0.6) is 0 Å². The van der Waals surface area contributed by atoms with Gasteiger partial charge in [-0.3, -0.25) is 0 Å². The maximum atomic E-state index is 2.33. The summed E-state index contributed by atoms with van der Waals surface area (Å²) >= 11 is 0. The SMILES string of the molecule is BC1C(C)N1C. The molecule has 6 heavy (non-hydrogen) atoms. The minimum absolute atomic E-state index is 0.852. The molecule has 34 valence electrons. The highest BCUT2D eigenvalue weighted by molar-refractivity contribution is 6.14. The van der Waals surface area contributed by atoms with Crippen molar-refractivity contribution in [3.63, 3.8) is 0 Å². The van der Waals surface area contributed by atoms with Crippen LogP contribution in [-0.2, 0) is 0 Å². The maximum absolute atomic E-state index is 2.33. The standard InChI is InChI=1S/C4H10BN/c1-3-4(5)6(3)2/h3-4H,5H2,1-2H3. The zero-order valence-corrected chi connectivity index (χ0v) is 4.60. The van der Waals surface area contributed by atoms with Crippen LogP contribution in [0.2, 0.25) is 0 Å². The van der Waals surface area contributed by atoms with Gasteiger partial charge in [0.15, 0.2) is 0 Å². The highest BCUT2D eigenvalue weighted by Gasteiger charge is 2.34. The quantitative estimate of drug-likeness (QED) is 0.276. The van der Waals surface area contributed by atoms with E-state index in [0.29, 0.717) is 0 Å². The van der Waals surface area contributed by atoms with E-state index in [9.17, 15) is 0 Å². The number of hydrogen-bond donors (Lipinski definition) is 0. The van der Waals surface area contributed by atoms with Crippen LogP contribution >= 0.6 is 0 Å². The van der Waals surface area contributed by atoms with Crippen molar-refractivity contribution in [2.75, 3.05) is 7.05 Å². The molecule has 3 atom stereocenters. The molecule has 1 rings (SSSR count). The van der Waals surface area contributed by atoms with Gasteiger partial charge in [0.1, 0.15) is 7.85 Å². The van der Waals surface area contributed by atoms with Crippen LogP contribution in [0.4, 0.5) is 0 Å². The van der Waals surface area contributed by atoms with Crippen LogP contribution in [0.1, 0.15) is 6.92 Å². The van der Waals surface area contributed by atoms with Gasteiger partial charge in [-0.15, -0.1) is 0 Å². The Kier molecular flexibility index (Phi) is 0.698. The van der Waals surface area contributed by atoms with Crippen molar-refractivity contribution in [3.05, 3.63) is 0 Å². The van der Waals surface area contributed by atoms with Crippen LogP contribution < -0.4 is 0 Å². The Morgan fingerprint density at radius 1 is 1.67 bits per heavy atom. The summed E-state index contributed by atoms with van der Waals surface area (Å²) in [6, 6.07) is 0.852. The lowest BCUT2D eigenvalue weighted by molar-refractivity contribution is 0.628. The Hall–Kier alpha value is 0.0249. The molecule has 0 radical (unpaired) electrons. The third kappa shape index (κ3) is 0.366. The highest BCUT2D eigenvalue weighted by atomic mass is 15.3. The molecule has 0 aromatic rings. The fraction of sp³-hybridized carbons (Fsp3) is 1.00. The highest BCUT2D eigenvalue weighted by Crippen LogP contribution is 2.19. The Morgan fingerprint density at radius 3 is 1.83 bits per heavy atom. The van der Waals surface area contributed by atoms with Gasteiger partial charge < -0.3 is 4.90 Å². The molecule has 2 heteroatoms. The largest absolute Gasteiger partial charge is 0.306 e. The Labute approximate surface area is 39.7 Å². The molecule has 0 amide bonds. The van der Waals surface area contributed by atoms with Crippen LogP contribution in [0.15, 0.2) is 0 Å². The van der Waals surface area contributed by atoms with Crippen molar-refractivity contribution >= 4 is 7.85 Å².